The maximum atomic E-state index is 12.0. The Balaban J connectivity index is 3.23. The number of rotatable bonds is 4. The zero-order valence-corrected chi connectivity index (χ0v) is 10.7. The van der Waals surface area contributed by atoms with Crippen LogP contribution < -0.4 is 10.5 Å². The van der Waals surface area contributed by atoms with Crippen LogP contribution in [0.2, 0.25) is 0 Å². The summed E-state index contributed by atoms with van der Waals surface area (Å²) < 4.78 is 26.4. The van der Waals surface area contributed by atoms with Crippen LogP contribution in [0.25, 0.3) is 0 Å². The van der Waals surface area contributed by atoms with E-state index < -0.39 is 10.0 Å². The first-order valence-electron chi connectivity index (χ1n) is 5.16. The topological polar surface area (TPSA) is 72.2 Å². The molecule has 0 radical (unpaired) electrons. The van der Waals surface area contributed by atoms with E-state index in [1.165, 1.54) is 0 Å². The summed E-state index contributed by atoms with van der Waals surface area (Å²) in [7, 11) is -3.43. The summed E-state index contributed by atoms with van der Waals surface area (Å²) >= 11 is 0. The molecule has 0 unspecified atom stereocenters. The van der Waals surface area contributed by atoms with Crippen molar-refractivity contribution in [3.8, 4) is 0 Å². The van der Waals surface area contributed by atoms with Crippen LogP contribution in [0.1, 0.15) is 16.7 Å². The van der Waals surface area contributed by atoms with Crippen LogP contribution in [0, 0.1) is 20.8 Å². The number of aryl methyl sites for hydroxylation is 3. The van der Waals surface area contributed by atoms with Gasteiger partial charge in [-0.2, -0.15) is 0 Å². The standard InChI is InChI=1S/C11H18N2O2S/c1-8-6-9(2)11(10(3)7-8)16(14,15)13-5-4-12/h6-7,13H,4-5,12H2,1-3H3. The van der Waals surface area contributed by atoms with E-state index in [9.17, 15) is 8.42 Å². The summed E-state index contributed by atoms with van der Waals surface area (Å²) in [4.78, 5) is 0.367. The molecular formula is C11H18N2O2S. The number of nitrogens with one attached hydrogen (secondary N) is 1. The fourth-order valence-corrected chi connectivity index (χ4v) is 3.35. The predicted octanol–water partition coefficient (Wildman–Crippen LogP) is 0.849. The van der Waals surface area contributed by atoms with E-state index in [0.29, 0.717) is 11.4 Å². The van der Waals surface area contributed by atoms with Crippen molar-refractivity contribution in [1.82, 2.24) is 4.72 Å². The first-order valence-corrected chi connectivity index (χ1v) is 6.64. The van der Waals surface area contributed by atoms with Crippen molar-refractivity contribution < 1.29 is 8.42 Å². The van der Waals surface area contributed by atoms with E-state index in [1.807, 2.05) is 19.1 Å². The van der Waals surface area contributed by atoms with Crippen molar-refractivity contribution in [1.29, 1.82) is 0 Å². The number of hydrogen-bond donors (Lipinski definition) is 2. The summed E-state index contributed by atoms with van der Waals surface area (Å²) in [5.41, 5.74) is 7.88. The molecule has 0 bridgehead atoms. The minimum Gasteiger partial charge on any atom is -0.329 e. The highest BCUT2D eigenvalue weighted by Crippen LogP contribution is 2.21. The first-order chi connectivity index (χ1) is 7.38. The lowest BCUT2D eigenvalue weighted by Gasteiger charge is -2.12. The molecule has 0 fully saturated rings. The monoisotopic (exact) mass is 242 g/mol. The molecule has 1 aromatic carbocycles. The predicted molar refractivity (Wildman–Crippen MR) is 64.9 cm³/mol. The Morgan fingerprint density at radius 1 is 1.19 bits per heavy atom. The van der Waals surface area contributed by atoms with Crippen molar-refractivity contribution in [3.05, 3.63) is 28.8 Å². The summed E-state index contributed by atoms with van der Waals surface area (Å²) in [6.45, 7) is 6.11. The van der Waals surface area contributed by atoms with Gasteiger partial charge >= 0.3 is 0 Å². The lowest BCUT2D eigenvalue weighted by Crippen LogP contribution is -2.30. The summed E-state index contributed by atoms with van der Waals surface area (Å²) in [6, 6.07) is 3.73. The van der Waals surface area contributed by atoms with Gasteiger partial charge in [-0.3, -0.25) is 0 Å². The highest BCUT2D eigenvalue weighted by molar-refractivity contribution is 7.89. The molecule has 90 valence electrons. The average molecular weight is 242 g/mol. The van der Waals surface area contributed by atoms with Gasteiger partial charge in [0.15, 0.2) is 0 Å². The minimum absolute atomic E-state index is 0.259. The zero-order valence-electron chi connectivity index (χ0n) is 9.87. The van der Waals surface area contributed by atoms with E-state index in [0.717, 1.165) is 16.7 Å². The summed E-state index contributed by atoms with van der Waals surface area (Å²) in [6.07, 6.45) is 0. The Morgan fingerprint density at radius 2 is 1.69 bits per heavy atom. The maximum absolute atomic E-state index is 12.0. The van der Waals surface area contributed by atoms with Gasteiger partial charge in [-0.15, -0.1) is 0 Å². The second-order valence-electron chi connectivity index (χ2n) is 3.91. The molecule has 0 aliphatic carbocycles. The molecule has 1 aromatic rings. The van der Waals surface area contributed by atoms with Gasteiger partial charge in [0.25, 0.3) is 0 Å². The maximum Gasteiger partial charge on any atom is 0.241 e. The van der Waals surface area contributed by atoms with Crippen LogP contribution >= 0.6 is 0 Å². The Morgan fingerprint density at radius 3 is 2.12 bits per heavy atom. The van der Waals surface area contributed by atoms with Gasteiger partial charge < -0.3 is 5.73 Å². The van der Waals surface area contributed by atoms with Crippen LogP contribution in [-0.4, -0.2) is 21.5 Å². The van der Waals surface area contributed by atoms with E-state index >= 15 is 0 Å². The van der Waals surface area contributed by atoms with Crippen LogP contribution in [-0.2, 0) is 10.0 Å². The minimum atomic E-state index is -3.43. The summed E-state index contributed by atoms with van der Waals surface area (Å²) in [5.74, 6) is 0. The van der Waals surface area contributed by atoms with Gasteiger partial charge in [0.05, 0.1) is 4.90 Å². The third kappa shape index (κ3) is 2.81. The van der Waals surface area contributed by atoms with Crippen molar-refractivity contribution >= 4 is 10.0 Å². The number of nitrogens with two attached hydrogens (primary N) is 1. The van der Waals surface area contributed by atoms with Gasteiger partial charge in [-0.25, -0.2) is 13.1 Å². The normalized spacial score (nSPS) is 11.8. The number of benzene rings is 1. The largest absolute Gasteiger partial charge is 0.329 e. The second-order valence-corrected chi connectivity index (χ2v) is 5.62. The molecular weight excluding hydrogens is 224 g/mol. The van der Waals surface area contributed by atoms with Crippen molar-refractivity contribution in [3.63, 3.8) is 0 Å². The molecule has 0 spiro atoms. The Labute approximate surface area is 96.9 Å². The van der Waals surface area contributed by atoms with Crippen LogP contribution in [0.3, 0.4) is 0 Å². The van der Waals surface area contributed by atoms with Crippen molar-refractivity contribution in [2.24, 2.45) is 5.73 Å². The molecule has 0 heterocycles. The molecule has 1 rings (SSSR count). The number of sulfonamides is 1. The highest BCUT2D eigenvalue weighted by Gasteiger charge is 2.18. The third-order valence-electron chi connectivity index (χ3n) is 2.31. The van der Waals surface area contributed by atoms with Gasteiger partial charge in [0.1, 0.15) is 0 Å². The molecule has 0 aromatic heterocycles. The smallest absolute Gasteiger partial charge is 0.241 e. The van der Waals surface area contributed by atoms with Crippen molar-refractivity contribution in [2.45, 2.75) is 25.7 Å². The lowest BCUT2D eigenvalue weighted by atomic mass is 10.1. The second kappa shape index (κ2) is 4.95. The molecule has 0 aliphatic heterocycles. The molecule has 3 N–H and O–H groups in total. The van der Waals surface area contributed by atoms with Crippen LogP contribution in [0.5, 0.6) is 0 Å². The van der Waals surface area contributed by atoms with Crippen molar-refractivity contribution in [2.75, 3.05) is 13.1 Å². The van der Waals surface area contributed by atoms with E-state index in [1.54, 1.807) is 13.8 Å². The number of hydrogen-bond acceptors (Lipinski definition) is 3. The quantitative estimate of drug-likeness (QED) is 0.822. The zero-order chi connectivity index (χ0) is 12.3. The molecule has 0 atom stereocenters. The Bertz CT molecular complexity index is 458. The molecule has 4 nitrogen and oxygen atoms in total. The Kier molecular flexibility index (Phi) is 4.07. The van der Waals surface area contributed by atoms with E-state index in [2.05, 4.69) is 4.72 Å². The molecule has 0 saturated heterocycles. The first kappa shape index (κ1) is 13.2. The molecule has 0 saturated carbocycles. The fraction of sp³-hybridized carbons (Fsp3) is 0.455. The highest BCUT2D eigenvalue weighted by atomic mass is 32.2. The molecule has 0 aliphatic rings. The third-order valence-corrected chi connectivity index (χ3v) is 4.08. The summed E-state index contributed by atoms with van der Waals surface area (Å²) in [5, 5.41) is 0. The fourth-order valence-electron chi connectivity index (χ4n) is 1.86. The molecule has 0 amide bonds. The van der Waals surface area contributed by atoms with Gasteiger partial charge in [0, 0.05) is 13.1 Å². The lowest BCUT2D eigenvalue weighted by molar-refractivity contribution is 0.581. The van der Waals surface area contributed by atoms with E-state index in [-0.39, 0.29) is 6.54 Å². The average Bonchev–Trinajstić information content (AvgIpc) is 2.12. The van der Waals surface area contributed by atoms with Gasteiger partial charge in [-0.1, -0.05) is 17.7 Å². The van der Waals surface area contributed by atoms with Gasteiger partial charge in [0.2, 0.25) is 10.0 Å². The SMILES string of the molecule is Cc1cc(C)c(S(=O)(=O)NCCN)c(C)c1. The molecule has 16 heavy (non-hydrogen) atoms. The van der Waals surface area contributed by atoms with Gasteiger partial charge in [-0.05, 0) is 31.9 Å². The Hall–Kier alpha value is -0.910. The van der Waals surface area contributed by atoms with E-state index in [4.69, 9.17) is 5.73 Å². The van der Waals surface area contributed by atoms with Crippen LogP contribution in [0.15, 0.2) is 17.0 Å². The molecule has 5 heteroatoms. The van der Waals surface area contributed by atoms with Crippen LogP contribution in [0.4, 0.5) is 0 Å².